The molecule has 6 nitrogen and oxygen atoms in total. The van der Waals surface area contributed by atoms with Crippen molar-refractivity contribution in [3.63, 3.8) is 0 Å². The van der Waals surface area contributed by atoms with Crippen molar-refractivity contribution in [2.75, 3.05) is 27.4 Å². The van der Waals surface area contributed by atoms with Crippen LogP contribution in [0.3, 0.4) is 0 Å². The summed E-state index contributed by atoms with van der Waals surface area (Å²) in [7, 11) is 3.11. The van der Waals surface area contributed by atoms with Crippen LogP contribution >= 0.6 is 0 Å². The highest BCUT2D eigenvalue weighted by Crippen LogP contribution is 2.25. The average Bonchev–Trinajstić information content (AvgIpc) is 3.08. The van der Waals surface area contributed by atoms with E-state index < -0.39 is 0 Å². The van der Waals surface area contributed by atoms with Crippen molar-refractivity contribution in [1.82, 2.24) is 10.3 Å². The Morgan fingerprint density at radius 1 is 1.20 bits per heavy atom. The van der Waals surface area contributed by atoms with Gasteiger partial charge in [-0.05, 0) is 42.3 Å². The van der Waals surface area contributed by atoms with E-state index in [9.17, 15) is 4.79 Å². The monoisotopic (exact) mass is 342 g/mol. The first kappa shape index (κ1) is 17.2. The van der Waals surface area contributed by atoms with Crippen LogP contribution in [0.2, 0.25) is 0 Å². The zero-order valence-electron chi connectivity index (χ0n) is 14.4. The van der Waals surface area contributed by atoms with Gasteiger partial charge in [0.05, 0.1) is 39.0 Å². The molecule has 1 fully saturated rings. The van der Waals surface area contributed by atoms with Crippen LogP contribution in [0, 0.1) is 5.92 Å². The lowest BCUT2D eigenvalue weighted by Gasteiger charge is -2.20. The Hall–Kier alpha value is -2.60. The molecule has 0 aliphatic carbocycles. The van der Waals surface area contributed by atoms with E-state index in [0.29, 0.717) is 30.3 Å². The normalized spacial score (nSPS) is 19.4. The Balaban J connectivity index is 1.71. The van der Waals surface area contributed by atoms with Gasteiger partial charge < -0.3 is 19.5 Å². The number of nitrogens with one attached hydrogen (secondary N) is 1. The summed E-state index contributed by atoms with van der Waals surface area (Å²) in [5.41, 5.74) is 1.64. The molecule has 132 valence electrons. The summed E-state index contributed by atoms with van der Waals surface area (Å²) in [4.78, 5) is 16.8. The number of rotatable bonds is 6. The predicted octanol–water partition coefficient (Wildman–Crippen LogP) is 2.09. The molecule has 0 radical (unpaired) electrons. The van der Waals surface area contributed by atoms with E-state index in [1.54, 1.807) is 44.8 Å². The van der Waals surface area contributed by atoms with E-state index in [-0.39, 0.29) is 17.9 Å². The van der Waals surface area contributed by atoms with Crippen molar-refractivity contribution in [3.05, 3.63) is 53.9 Å². The molecule has 2 heterocycles. The quantitative estimate of drug-likeness (QED) is 0.870. The van der Waals surface area contributed by atoms with Gasteiger partial charge in [0.15, 0.2) is 0 Å². The zero-order valence-corrected chi connectivity index (χ0v) is 14.4. The maximum Gasteiger partial charge on any atom is 0.255 e. The van der Waals surface area contributed by atoms with Crippen LogP contribution in [-0.2, 0) is 11.2 Å². The molecule has 1 aliphatic rings. The fourth-order valence-electron chi connectivity index (χ4n) is 3.02. The smallest absolute Gasteiger partial charge is 0.255 e. The van der Waals surface area contributed by atoms with Gasteiger partial charge >= 0.3 is 0 Å². The molecule has 1 aromatic heterocycles. The third-order valence-corrected chi connectivity index (χ3v) is 4.41. The van der Waals surface area contributed by atoms with Crippen molar-refractivity contribution in [2.45, 2.75) is 12.5 Å². The number of amides is 1. The first-order valence-electron chi connectivity index (χ1n) is 8.20. The Bertz CT molecular complexity index is 721. The number of benzene rings is 1. The van der Waals surface area contributed by atoms with Gasteiger partial charge in [0.1, 0.15) is 11.5 Å². The molecule has 1 aromatic carbocycles. The standard InChI is InChI=1S/C19H22N2O4/c1-23-15-3-4-18(24-2)16(10-15)19(22)21-17-12-25-11-14(17)9-13-5-7-20-8-6-13/h3-8,10,14,17H,9,11-12H2,1-2H3,(H,21,22). The first-order chi connectivity index (χ1) is 12.2. The largest absolute Gasteiger partial charge is 0.497 e. The summed E-state index contributed by atoms with van der Waals surface area (Å²) in [5.74, 6) is 1.17. The SMILES string of the molecule is COc1ccc(OC)c(C(=O)NC2COCC2Cc2ccncc2)c1. The lowest BCUT2D eigenvalue weighted by molar-refractivity contribution is 0.0921. The maximum atomic E-state index is 12.7. The fourth-order valence-corrected chi connectivity index (χ4v) is 3.02. The van der Waals surface area contributed by atoms with Gasteiger partial charge in [0.2, 0.25) is 0 Å². The summed E-state index contributed by atoms with van der Waals surface area (Å²) < 4.78 is 16.1. The van der Waals surface area contributed by atoms with Crippen LogP contribution in [0.15, 0.2) is 42.7 Å². The highest BCUT2D eigenvalue weighted by Gasteiger charge is 2.30. The summed E-state index contributed by atoms with van der Waals surface area (Å²) in [6.07, 6.45) is 4.39. The Kier molecular flexibility index (Phi) is 5.50. The highest BCUT2D eigenvalue weighted by atomic mass is 16.5. The topological polar surface area (TPSA) is 69.7 Å². The van der Waals surface area contributed by atoms with E-state index in [2.05, 4.69) is 10.3 Å². The number of hydrogen-bond acceptors (Lipinski definition) is 5. The number of carbonyl (C=O) groups excluding carboxylic acids is 1. The Morgan fingerprint density at radius 2 is 2.00 bits per heavy atom. The molecular weight excluding hydrogens is 320 g/mol. The molecule has 0 saturated carbocycles. The number of ether oxygens (including phenoxy) is 3. The summed E-state index contributed by atoms with van der Waals surface area (Å²) in [5, 5.41) is 3.08. The van der Waals surface area contributed by atoms with E-state index in [4.69, 9.17) is 14.2 Å². The first-order valence-corrected chi connectivity index (χ1v) is 8.20. The minimum Gasteiger partial charge on any atom is -0.497 e. The number of pyridine rings is 1. The second-order valence-electron chi connectivity index (χ2n) is 6.00. The molecule has 1 saturated heterocycles. The van der Waals surface area contributed by atoms with Gasteiger partial charge in [-0.2, -0.15) is 0 Å². The number of methoxy groups -OCH3 is 2. The molecule has 25 heavy (non-hydrogen) atoms. The Morgan fingerprint density at radius 3 is 2.72 bits per heavy atom. The fraction of sp³-hybridized carbons (Fsp3) is 0.368. The van der Waals surface area contributed by atoms with Gasteiger partial charge in [-0.1, -0.05) is 0 Å². The molecule has 2 aromatic rings. The summed E-state index contributed by atoms with van der Waals surface area (Å²) in [6, 6.07) is 9.11. The van der Waals surface area contributed by atoms with Gasteiger partial charge in [0.25, 0.3) is 5.91 Å². The predicted molar refractivity (Wildman–Crippen MR) is 93.1 cm³/mol. The van der Waals surface area contributed by atoms with Crippen molar-refractivity contribution in [3.8, 4) is 11.5 Å². The molecule has 6 heteroatoms. The van der Waals surface area contributed by atoms with Gasteiger partial charge in [-0.3, -0.25) is 9.78 Å². The number of aromatic nitrogens is 1. The summed E-state index contributed by atoms with van der Waals surface area (Å²) in [6.45, 7) is 1.14. The van der Waals surface area contributed by atoms with E-state index in [0.717, 1.165) is 6.42 Å². The van der Waals surface area contributed by atoms with Crippen molar-refractivity contribution in [1.29, 1.82) is 0 Å². The minimum absolute atomic E-state index is 0.0448. The lowest BCUT2D eigenvalue weighted by Crippen LogP contribution is -2.40. The molecule has 0 spiro atoms. The van der Waals surface area contributed by atoms with Crippen LogP contribution in [0.25, 0.3) is 0 Å². The molecule has 0 bridgehead atoms. The second-order valence-corrected chi connectivity index (χ2v) is 6.00. The van der Waals surface area contributed by atoms with Gasteiger partial charge in [0, 0.05) is 18.3 Å². The van der Waals surface area contributed by atoms with Crippen LogP contribution in [0.5, 0.6) is 11.5 Å². The minimum atomic E-state index is -0.189. The average molecular weight is 342 g/mol. The van der Waals surface area contributed by atoms with Crippen molar-refractivity contribution >= 4 is 5.91 Å². The van der Waals surface area contributed by atoms with Gasteiger partial charge in [-0.25, -0.2) is 0 Å². The molecular formula is C19H22N2O4. The number of hydrogen-bond donors (Lipinski definition) is 1. The van der Waals surface area contributed by atoms with Crippen LogP contribution < -0.4 is 14.8 Å². The third kappa shape index (κ3) is 4.09. The van der Waals surface area contributed by atoms with Crippen molar-refractivity contribution < 1.29 is 19.0 Å². The van der Waals surface area contributed by atoms with Crippen LogP contribution in [0.1, 0.15) is 15.9 Å². The molecule has 2 unspecified atom stereocenters. The van der Waals surface area contributed by atoms with E-state index >= 15 is 0 Å². The number of carbonyl (C=O) groups is 1. The van der Waals surface area contributed by atoms with E-state index in [1.807, 2.05) is 12.1 Å². The maximum absolute atomic E-state index is 12.7. The summed E-state index contributed by atoms with van der Waals surface area (Å²) >= 11 is 0. The molecule has 1 aliphatic heterocycles. The molecule has 2 atom stereocenters. The van der Waals surface area contributed by atoms with Crippen LogP contribution in [0.4, 0.5) is 0 Å². The van der Waals surface area contributed by atoms with E-state index in [1.165, 1.54) is 5.56 Å². The van der Waals surface area contributed by atoms with Crippen molar-refractivity contribution in [2.24, 2.45) is 5.92 Å². The highest BCUT2D eigenvalue weighted by molar-refractivity contribution is 5.97. The lowest BCUT2D eigenvalue weighted by atomic mass is 9.95. The van der Waals surface area contributed by atoms with Crippen LogP contribution in [-0.4, -0.2) is 44.4 Å². The molecule has 1 N–H and O–H groups in total. The molecule has 3 rings (SSSR count). The second kappa shape index (κ2) is 7.98. The molecule has 1 amide bonds. The third-order valence-electron chi connectivity index (χ3n) is 4.41. The van der Waals surface area contributed by atoms with Gasteiger partial charge in [-0.15, -0.1) is 0 Å². The zero-order chi connectivity index (χ0) is 17.6. The Labute approximate surface area is 147 Å². The number of nitrogens with zero attached hydrogens (tertiary/aromatic N) is 1.